The van der Waals surface area contributed by atoms with Gasteiger partial charge in [0.2, 0.25) is 0 Å². The van der Waals surface area contributed by atoms with Gasteiger partial charge < -0.3 is 1.43 Å². The summed E-state index contributed by atoms with van der Waals surface area (Å²) < 4.78 is 0. The molecule has 8 heavy (non-hydrogen) atoms. The van der Waals surface area contributed by atoms with Gasteiger partial charge in [-0.15, -0.1) is 0 Å². The summed E-state index contributed by atoms with van der Waals surface area (Å²) in [5, 5.41) is 0.433. The van der Waals surface area contributed by atoms with Crippen LogP contribution < -0.4 is 29.6 Å². The summed E-state index contributed by atoms with van der Waals surface area (Å²) >= 11 is 5.37. The van der Waals surface area contributed by atoms with Crippen LogP contribution in [0.25, 0.3) is 0 Å². The van der Waals surface area contributed by atoms with Crippen molar-refractivity contribution in [1.82, 2.24) is 9.97 Å². The standard InChI is InChI=1S/C4H3ClN2.Na.H/c5-4-3-6-1-2-7-4;;/h1-3H;;/q;+1;-1. The average molecular weight is 139 g/mol. The van der Waals surface area contributed by atoms with Gasteiger partial charge in [0.05, 0.1) is 6.20 Å². The van der Waals surface area contributed by atoms with E-state index in [1.54, 1.807) is 12.4 Å². The summed E-state index contributed by atoms with van der Waals surface area (Å²) in [7, 11) is 0. The molecule has 0 atom stereocenters. The van der Waals surface area contributed by atoms with E-state index < -0.39 is 0 Å². The van der Waals surface area contributed by atoms with E-state index in [1.165, 1.54) is 6.20 Å². The van der Waals surface area contributed by atoms with Crippen LogP contribution in [-0.4, -0.2) is 9.97 Å². The van der Waals surface area contributed by atoms with E-state index in [0.717, 1.165) is 0 Å². The first-order chi connectivity index (χ1) is 3.39. The second-order valence-corrected chi connectivity index (χ2v) is 1.42. The van der Waals surface area contributed by atoms with Gasteiger partial charge in [0.25, 0.3) is 0 Å². The molecule has 1 aromatic rings. The summed E-state index contributed by atoms with van der Waals surface area (Å²) in [6.07, 6.45) is 4.61. The van der Waals surface area contributed by atoms with Crippen LogP contribution in [0.3, 0.4) is 0 Å². The second kappa shape index (κ2) is 4.27. The number of rotatable bonds is 0. The molecule has 0 unspecified atom stereocenters. The quantitative estimate of drug-likeness (QED) is 0.398. The first-order valence-corrected chi connectivity index (χ1v) is 2.19. The summed E-state index contributed by atoms with van der Waals surface area (Å²) in [5.41, 5.74) is 0. The Morgan fingerprint density at radius 1 is 1.50 bits per heavy atom. The largest absolute Gasteiger partial charge is 1.00 e. The molecule has 1 aromatic heterocycles. The van der Waals surface area contributed by atoms with E-state index in [-0.39, 0.29) is 31.0 Å². The molecule has 2 nitrogen and oxygen atoms in total. The van der Waals surface area contributed by atoms with Gasteiger partial charge in [-0.2, -0.15) is 0 Å². The molecule has 0 N–H and O–H groups in total. The minimum Gasteiger partial charge on any atom is -1.00 e. The maximum atomic E-state index is 5.37. The zero-order chi connectivity index (χ0) is 5.11. The fourth-order valence-electron chi connectivity index (χ4n) is 0.281. The Balaban J connectivity index is 0. The Morgan fingerprint density at radius 2 is 2.25 bits per heavy atom. The SMILES string of the molecule is Clc1cnccn1.[H-].[Na+]. The Bertz CT molecular complexity index is 148. The minimum atomic E-state index is 0. The van der Waals surface area contributed by atoms with Crippen molar-refractivity contribution in [2.75, 3.05) is 0 Å². The zero-order valence-corrected chi connectivity index (χ0v) is 7.26. The van der Waals surface area contributed by atoms with Gasteiger partial charge in [0.1, 0.15) is 5.15 Å². The number of hydrogen-bond donors (Lipinski definition) is 0. The molecule has 1 heterocycles. The molecule has 0 fully saturated rings. The van der Waals surface area contributed by atoms with Crippen LogP contribution in [0, 0.1) is 0 Å². The van der Waals surface area contributed by atoms with Gasteiger partial charge in [-0.25, -0.2) is 4.98 Å². The summed E-state index contributed by atoms with van der Waals surface area (Å²) in [4.78, 5) is 7.37. The fraction of sp³-hybridized carbons (Fsp3) is 0. The molecule has 0 aromatic carbocycles. The van der Waals surface area contributed by atoms with Crippen LogP contribution in [0.1, 0.15) is 1.43 Å². The maximum Gasteiger partial charge on any atom is 1.00 e. The molecule has 1 rings (SSSR count). The molecule has 0 bridgehead atoms. The second-order valence-electron chi connectivity index (χ2n) is 1.03. The zero-order valence-electron chi connectivity index (χ0n) is 5.50. The third-order valence-corrected chi connectivity index (χ3v) is 0.727. The Kier molecular flexibility index (Phi) is 4.47. The molecule has 0 radical (unpaired) electrons. The van der Waals surface area contributed by atoms with Crippen molar-refractivity contribution in [3.63, 3.8) is 0 Å². The molecule has 0 saturated heterocycles. The average Bonchev–Trinajstić information content (AvgIpc) is 1.69. The van der Waals surface area contributed by atoms with Crippen molar-refractivity contribution in [3.8, 4) is 0 Å². The molecular weight excluding hydrogens is 135 g/mol. The molecule has 38 valence electrons. The Morgan fingerprint density at radius 3 is 2.50 bits per heavy atom. The van der Waals surface area contributed by atoms with Gasteiger partial charge in [-0.3, -0.25) is 4.98 Å². The van der Waals surface area contributed by atoms with E-state index in [1.807, 2.05) is 0 Å². The third kappa shape index (κ3) is 2.62. The van der Waals surface area contributed by atoms with Crippen LogP contribution in [-0.2, 0) is 0 Å². The summed E-state index contributed by atoms with van der Waals surface area (Å²) in [5.74, 6) is 0. The molecule has 0 aliphatic rings. The van der Waals surface area contributed by atoms with Gasteiger partial charge >= 0.3 is 29.6 Å². The van der Waals surface area contributed by atoms with Crippen LogP contribution in [0.2, 0.25) is 5.15 Å². The fourth-order valence-corrected chi connectivity index (χ4v) is 0.394. The van der Waals surface area contributed by atoms with Crippen LogP contribution in [0.4, 0.5) is 0 Å². The van der Waals surface area contributed by atoms with E-state index in [4.69, 9.17) is 11.6 Å². The van der Waals surface area contributed by atoms with E-state index in [9.17, 15) is 0 Å². The third-order valence-electron chi connectivity index (χ3n) is 0.532. The molecule has 0 aliphatic heterocycles. The number of aromatic nitrogens is 2. The number of nitrogens with zero attached hydrogens (tertiary/aromatic N) is 2. The van der Waals surface area contributed by atoms with Gasteiger partial charge in [-0.1, -0.05) is 11.6 Å². The molecule has 0 amide bonds. The van der Waals surface area contributed by atoms with Crippen LogP contribution in [0.15, 0.2) is 18.6 Å². The predicted molar refractivity (Wildman–Crippen MR) is 28.2 cm³/mol. The molecule has 0 spiro atoms. The van der Waals surface area contributed by atoms with Gasteiger partial charge in [0.15, 0.2) is 0 Å². The van der Waals surface area contributed by atoms with Crippen molar-refractivity contribution in [2.45, 2.75) is 0 Å². The smallest absolute Gasteiger partial charge is 1.00 e. The number of halogens is 1. The minimum absolute atomic E-state index is 0. The van der Waals surface area contributed by atoms with Crippen LogP contribution >= 0.6 is 11.6 Å². The first kappa shape index (κ1) is 8.37. The summed E-state index contributed by atoms with van der Waals surface area (Å²) in [6, 6.07) is 0. The van der Waals surface area contributed by atoms with Gasteiger partial charge in [0, 0.05) is 12.4 Å². The maximum absolute atomic E-state index is 5.37. The monoisotopic (exact) mass is 138 g/mol. The topological polar surface area (TPSA) is 25.8 Å². The molecule has 0 aliphatic carbocycles. The summed E-state index contributed by atoms with van der Waals surface area (Å²) in [6.45, 7) is 0. The Hall–Kier alpha value is 0.370. The van der Waals surface area contributed by atoms with Gasteiger partial charge in [-0.05, 0) is 0 Å². The van der Waals surface area contributed by atoms with Crippen molar-refractivity contribution in [3.05, 3.63) is 23.7 Å². The number of hydrogen-bond acceptors (Lipinski definition) is 2. The Labute approximate surface area is 76.1 Å². The van der Waals surface area contributed by atoms with Crippen molar-refractivity contribution in [2.24, 2.45) is 0 Å². The van der Waals surface area contributed by atoms with Crippen molar-refractivity contribution >= 4 is 11.6 Å². The van der Waals surface area contributed by atoms with E-state index in [2.05, 4.69) is 9.97 Å². The van der Waals surface area contributed by atoms with Crippen molar-refractivity contribution in [1.29, 1.82) is 0 Å². The van der Waals surface area contributed by atoms with Crippen LogP contribution in [0.5, 0.6) is 0 Å². The van der Waals surface area contributed by atoms with Crippen molar-refractivity contribution < 1.29 is 31.0 Å². The normalized spacial score (nSPS) is 7.62. The predicted octanol–water partition coefficient (Wildman–Crippen LogP) is -1.75. The molecule has 4 heteroatoms. The first-order valence-electron chi connectivity index (χ1n) is 1.81. The van der Waals surface area contributed by atoms with E-state index in [0.29, 0.717) is 5.15 Å². The molecular formula is C4H4ClN2Na. The molecule has 0 saturated carbocycles. The van der Waals surface area contributed by atoms with E-state index >= 15 is 0 Å².